The lowest BCUT2D eigenvalue weighted by molar-refractivity contribution is 0.183. The molecule has 0 spiro atoms. The maximum absolute atomic E-state index is 12.1. The summed E-state index contributed by atoms with van der Waals surface area (Å²) in [5.41, 5.74) is 2.53. The minimum atomic E-state index is -0.513. The third-order valence-electron chi connectivity index (χ3n) is 3.13. The fraction of sp³-hybridized carbons (Fsp3) is 0.235. The number of anilines is 1. The highest BCUT2D eigenvalue weighted by Gasteiger charge is 2.12. The van der Waals surface area contributed by atoms with E-state index >= 15 is 0 Å². The number of ether oxygens (including phenoxy) is 1. The molecule has 6 heteroatoms. The molecule has 0 aromatic heterocycles. The van der Waals surface area contributed by atoms with E-state index in [0.717, 1.165) is 11.1 Å². The van der Waals surface area contributed by atoms with Crippen LogP contribution < -0.4 is 15.4 Å². The molecule has 0 bridgehead atoms. The average molecular weight is 353 g/mol. The third-order valence-corrected chi connectivity index (χ3v) is 3.68. The van der Waals surface area contributed by atoms with Crippen LogP contribution in [0.3, 0.4) is 0 Å². The number of hydrogen-bond acceptors (Lipinski definition) is 2. The Morgan fingerprint density at radius 2 is 1.78 bits per heavy atom. The Hall–Kier alpha value is -1.91. The van der Waals surface area contributed by atoms with Gasteiger partial charge in [0.15, 0.2) is 6.23 Å². The molecular weight excluding hydrogens is 335 g/mol. The van der Waals surface area contributed by atoms with Crippen molar-refractivity contribution in [2.75, 3.05) is 5.32 Å². The minimum Gasteiger partial charge on any atom is -0.471 e. The lowest BCUT2D eigenvalue weighted by atomic mass is 10.1. The van der Waals surface area contributed by atoms with Crippen molar-refractivity contribution in [3.8, 4) is 5.75 Å². The minimum absolute atomic E-state index is 0.389. The fourth-order valence-electron chi connectivity index (χ4n) is 2.16. The number of rotatable bonds is 4. The first-order chi connectivity index (χ1) is 10.8. The number of urea groups is 1. The smallest absolute Gasteiger partial charge is 0.322 e. The Balaban J connectivity index is 1.95. The summed E-state index contributed by atoms with van der Waals surface area (Å²) in [6.45, 7) is 5.57. The van der Waals surface area contributed by atoms with Crippen LogP contribution in [0, 0.1) is 13.8 Å². The predicted molar refractivity (Wildman–Crippen MR) is 94.6 cm³/mol. The number of halogens is 2. The molecule has 0 saturated carbocycles. The van der Waals surface area contributed by atoms with Gasteiger partial charge < -0.3 is 15.4 Å². The summed E-state index contributed by atoms with van der Waals surface area (Å²) in [5, 5.41) is 6.57. The number of aryl methyl sites for hydroxylation is 2. The van der Waals surface area contributed by atoms with E-state index in [1.54, 1.807) is 37.3 Å². The molecule has 1 atom stereocenters. The van der Waals surface area contributed by atoms with Gasteiger partial charge in [-0.15, -0.1) is 0 Å². The molecular formula is C17H18Cl2N2O2. The number of carbonyl (C=O) groups excluding carboxylic acids is 1. The van der Waals surface area contributed by atoms with Crippen LogP contribution in [0.15, 0.2) is 36.4 Å². The number of nitrogens with one attached hydrogen (secondary N) is 2. The summed E-state index contributed by atoms with van der Waals surface area (Å²) in [4.78, 5) is 12.1. The highest BCUT2D eigenvalue weighted by atomic mass is 35.5. The maximum Gasteiger partial charge on any atom is 0.322 e. The molecule has 4 nitrogen and oxygen atoms in total. The standard InChI is InChI=1S/C17H18Cl2N2O2/c1-10-8-11(2)16(15(19)9-10)21-17(22)20-12(3)23-14-6-4-13(18)5-7-14/h4-9,12H,1-3H3,(H2,20,21,22). The fourth-order valence-corrected chi connectivity index (χ4v) is 2.65. The van der Waals surface area contributed by atoms with Gasteiger partial charge in [0.05, 0.1) is 10.7 Å². The van der Waals surface area contributed by atoms with Gasteiger partial charge in [0.25, 0.3) is 0 Å². The summed E-state index contributed by atoms with van der Waals surface area (Å²) >= 11 is 12.0. The first-order valence-electron chi connectivity index (χ1n) is 7.11. The summed E-state index contributed by atoms with van der Waals surface area (Å²) in [5.74, 6) is 0.617. The average Bonchev–Trinajstić information content (AvgIpc) is 2.45. The van der Waals surface area contributed by atoms with E-state index in [0.29, 0.717) is 21.5 Å². The predicted octanol–water partition coefficient (Wildman–Crippen LogP) is 5.16. The first kappa shape index (κ1) is 17.4. The zero-order valence-electron chi connectivity index (χ0n) is 13.1. The molecule has 0 aliphatic carbocycles. The highest BCUT2D eigenvalue weighted by molar-refractivity contribution is 6.34. The van der Waals surface area contributed by atoms with E-state index in [1.807, 2.05) is 19.9 Å². The van der Waals surface area contributed by atoms with Crippen molar-refractivity contribution in [2.24, 2.45) is 0 Å². The van der Waals surface area contributed by atoms with Gasteiger partial charge in [-0.05, 0) is 62.2 Å². The van der Waals surface area contributed by atoms with Crippen LogP contribution in [0.4, 0.5) is 10.5 Å². The lowest BCUT2D eigenvalue weighted by Gasteiger charge is -2.18. The van der Waals surface area contributed by atoms with Crippen LogP contribution in [0.25, 0.3) is 0 Å². The Morgan fingerprint density at radius 3 is 2.39 bits per heavy atom. The van der Waals surface area contributed by atoms with Crippen molar-refractivity contribution >= 4 is 34.9 Å². The molecule has 2 N–H and O–H groups in total. The zero-order valence-corrected chi connectivity index (χ0v) is 14.6. The Kier molecular flexibility index (Phi) is 5.74. The van der Waals surface area contributed by atoms with Gasteiger partial charge in [-0.3, -0.25) is 0 Å². The second kappa shape index (κ2) is 7.57. The summed E-state index contributed by atoms with van der Waals surface area (Å²) < 4.78 is 5.59. The van der Waals surface area contributed by atoms with Gasteiger partial charge in [0.2, 0.25) is 0 Å². The maximum atomic E-state index is 12.1. The third kappa shape index (κ3) is 5.05. The molecule has 0 radical (unpaired) electrons. The molecule has 0 fully saturated rings. The normalized spacial score (nSPS) is 11.7. The van der Waals surface area contributed by atoms with E-state index in [4.69, 9.17) is 27.9 Å². The first-order valence-corrected chi connectivity index (χ1v) is 7.87. The molecule has 2 aromatic carbocycles. The molecule has 23 heavy (non-hydrogen) atoms. The largest absolute Gasteiger partial charge is 0.471 e. The van der Waals surface area contributed by atoms with Crippen molar-refractivity contribution < 1.29 is 9.53 Å². The zero-order chi connectivity index (χ0) is 17.0. The Bertz CT molecular complexity index is 679. The van der Waals surface area contributed by atoms with E-state index in [2.05, 4.69) is 10.6 Å². The van der Waals surface area contributed by atoms with Crippen LogP contribution in [0.1, 0.15) is 18.1 Å². The molecule has 122 valence electrons. The number of amides is 2. The molecule has 1 unspecified atom stereocenters. The van der Waals surface area contributed by atoms with E-state index in [-0.39, 0.29) is 6.03 Å². The summed E-state index contributed by atoms with van der Waals surface area (Å²) in [6, 6.07) is 10.3. The highest BCUT2D eigenvalue weighted by Crippen LogP contribution is 2.27. The second-order valence-electron chi connectivity index (χ2n) is 5.25. The Morgan fingerprint density at radius 1 is 1.13 bits per heavy atom. The molecule has 0 saturated heterocycles. The van der Waals surface area contributed by atoms with Crippen molar-refractivity contribution in [2.45, 2.75) is 27.0 Å². The summed E-state index contributed by atoms with van der Waals surface area (Å²) in [6.07, 6.45) is -0.513. The van der Waals surface area contributed by atoms with Crippen molar-refractivity contribution in [3.63, 3.8) is 0 Å². The molecule has 2 amide bonds. The number of hydrogen-bond donors (Lipinski definition) is 2. The van der Waals surface area contributed by atoms with E-state index in [9.17, 15) is 4.79 Å². The molecule has 0 aliphatic heterocycles. The van der Waals surface area contributed by atoms with E-state index in [1.165, 1.54) is 0 Å². The van der Waals surface area contributed by atoms with Crippen LogP contribution in [0.5, 0.6) is 5.75 Å². The second-order valence-corrected chi connectivity index (χ2v) is 6.09. The monoisotopic (exact) mass is 352 g/mol. The van der Waals surface area contributed by atoms with Crippen LogP contribution in [-0.4, -0.2) is 12.3 Å². The molecule has 2 rings (SSSR count). The Labute approximate surface area is 145 Å². The molecule has 2 aromatic rings. The van der Waals surface area contributed by atoms with Crippen LogP contribution >= 0.6 is 23.2 Å². The van der Waals surface area contributed by atoms with E-state index < -0.39 is 6.23 Å². The van der Waals surface area contributed by atoms with Gasteiger partial charge in [-0.2, -0.15) is 0 Å². The molecule has 0 heterocycles. The van der Waals surface area contributed by atoms with Gasteiger partial charge in [0.1, 0.15) is 5.75 Å². The lowest BCUT2D eigenvalue weighted by Crippen LogP contribution is -2.39. The van der Waals surface area contributed by atoms with Gasteiger partial charge in [0, 0.05) is 5.02 Å². The van der Waals surface area contributed by atoms with Gasteiger partial charge in [-0.25, -0.2) is 4.79 Å². The SMILES string of the molecule is Cc1cc(C)c(NC(=O)NC(C)Oc2ccc(Cl)cc2)c(Cl)c1. The van der Waals surface area contributed by atoms with Crippen molar-refractivity contribution in [3.05, 3.63) is 57.6 Å². The van der Waals surface area contributed by atoms with Crippen molar-refractivity contribution in [1.29, 1.82) is 0 Å². The van der Waals surface area contributed by atoms with Crippen LogP contribution in [-0.2, 0) is 0 Å². The van der Waals surface area contributed by atoms with Crippen molar-refractivity contribution in [1.82, 2.24) is 5.32 Å². The van der Waals surface area contributed by atoms with Gasteiger partial charge in [-0.1, -0.05) is 29.3 Å². The van der Waals surface area contributed by atoms with Crippen LogP contribution in [0.2, 0.25) is 10.0 Å². The molecule has 0 aliphatic rings. The summed E-state index contributed by atoms with van der Waals surface area (Å²) in [7, 11) is 0. The quantitative estimate of drug-likeness (QED) is 0.746. The number of benzene rings is 2. The topological polar surface area (TPSA) is 50.4 Å². The number of carbonyl (C=O) groups is 1. The van der Waals surface area contributed by atoms with Gasteiger partial charge >= 0.3 is 6.03 Å².